The van der Waals surface area contributed by atoms with Crippen LogP contribution >= 0.6 is 0 Å². The minimum absolute atomic E-state index is 0.212. The van der Waals surface area contributed by atoms with E-state index in [2.05, 4.69) is 10.3 Å². The first kappa shape index (κ1) is 26.8. The third-order valence-electron chi connectivity index (χ3n) is 6.45. The molecule has 2 atom stereocenters. The number of hydrogen-bond donors (Lipinski definition) is 2. The smallest absolute Gasteiger partial charge is 0.258 e. The monoisotopic (exact) mass is 512 g/mol. The van der Waals surface area contributed by atoms with Crippen molar-refractivity contribution in [1.82, 2.24) is 20.1 Å². The van der Waals surface area contributed by atoms with Gasteiger partial charge in [-0.15, -0.1) is 0 Å². The van der Waals surface area contributed by atoms with Crippen molar-refractivity contribution in [3.63, 3.8) is 0 Å². The molecule has 0 spiro atoms. The van der Waals surface area contributed by atoms with E-state index in [0.29, 0.717) is 23.2 Å². The van der Waals surface area contributed by atoms with Gasteiger partial charge >= 0.3 is 0 Å². The number of aliphatic hydroxyl groups is 1. The zero-order valence-electron chi connectivity index (χ0n) is 21.5. The zero-order chi connectivity index (χ0) is 27.1. The second kappa shape index (κ2) is 12.3. The molecule has 1 aliphatic heterocycles. The van der Waals surface area contributed by atoms with Gasteiger partial charge in [-0.05, 0) is 35.6 Å². The Hall–Kier alpha value is -4.30. The molecule has 0 fully saturated rings. The van der Waals surface area contributed by atoms with Crippen LogP contribution in [0.15, 0.2) is 91.4 Å². The van der Waals surface area contributed by atoms with E-state index >= 15 is 0 Å². The highest BCUT2D eigenvalue weighted by atomic mass is 16.3. The Morgan fingerprint density at radius 2 is 1.61 bits per heavy atom. The van der Waals surface area contributed by atoms with Crippen molar-refractivity contribution in [3.8, 4) is 0 Å². The molecule has 1 aliphatic rings. The zero-order valence-corrected chi connectivity index (χ0v) is 21.5. The van der Waals surface area contributed by atoms with E-state index in [1.165, 1.54) is 22.2 Å². The summed E-state index contributed by atoms with van der Waals surface area (Å²) in [5.41, 5.74) is 2.55. The number of hydrogen-bond acceptors (Lipinski definition) is 5. The Morgan fingerprint density at radius 1 is 0.974 bits per heavy atom. The summed E-state index contributed by atoms with van der Waals surface area (Å²) in [6.45, 7) is 3.26. The SMILES string of the molecule is CC(C)[C@@H]1C(=O)N(CC(=O)N[C@H](CO)Cc2ccccc2)C(c2ccccc2)=CN1C(=O)c1ccncc1. The van der Waals surface area contributed by atoms with Gasteiger partial charge in [0.25, 0.3) is 11.8 Å². The van der Waals surface area contributed by atoms with Gasteiger partial charge in [-0.3, -0.25) is 24.3 Å². The molecular formula is C30H32N4O4. The Labute approximate surface area is 222 Å². The van der Waals surface area contributed by atoms with Gasteiger partial charge in [0.15, 0.2) is 0 Å². The molecule has 3 amide bonds. The molecule has 8 nitrogen and oxygen atoms in total. The lowest BCUT2D eigenvalue weighted by Gasteiger charge is -2.41. The summed E-state index contributed by atoms with van der Waals surface area (Å²) in [4.78, 5) is 47.5. The van der Waals surface area contributed by atoms with Gasteiger partial charge < -0.3 is 15.3 Å². The van der Waals surface area contributed by atoms with E-state index in [1.54, 1.807) is 18.3 Å². The highest BCUT2D eigenvalue weighted by Gasteiger charge is 2.41. The molecule has 1 aromatic heterocycles. The van der Waals surface area contributed by atoms with Crippen molar-refractivity contribution in [2.24, 2.45) is 5.92 Å². The van der Waals surface area contributed by atoms with Gasteiger partial charge in [-0.1, -0.05) is 74.5 Å². The average molecular weight is 513 g/mol. The summed E-state index contributed by atoms with van der Waals surface area (Å²) < 4.78 is 0. The number of aliphatic hydroxyl groups excluding tert-OH is 1. The number of carbonyl (C=O) groups is 3. The van der Waals surface area contributed by atoms with Crippen molar-refractivity contribution in [2.75, 3.05) is 13.2 Å². The molecule has 2 aromatic carbocycles. The summed E-state index contributed by atoms with van der Waals surface area (Å²) >= 11 is 0. The Morgan fingerprint density at radius 3 is 2.21 bits per heavy atom. The normalized spacial score (nSPS) is 16.3. The molecule has 0 unspecified atom stereocenters. The first-order chi connectivity index (χ1) is 18.4. The lowest BCUT2D eigenvalue weighted by Crippen LogP contribution is -2.56. The average Bonchev–Trinajstić information content (AvgIpc) is 2.94. The Bertz CT molecular complexity index is 1280. The van der Waals surface area contributed by atoms with Crippen LogP contribution in [-0.2, 0) is 16.0 Å². The summed E-state index contributed by atoms with van der Waals surface area (Å²) in [6.07, 6.45) is 5.19. The van der Waals surface area contributed by atoms with Crippen LogP contribution in [0.4, 0.5) is 0 Å². The maximum atomic E-state index is 13.9. The summed E-state index contributed by atoms with van der Waals surface area (Å²) in [7, 11) is 0. The molecular weight excluding hydrogens is 480 g/mol. The summed E-state index contributed by atoms with van der Waals surface area (Å²) in [6, 6.07) is 20.7. The molecule has 8 heteroatoms. The molecule has 0 radical (unpaired) electrons. The number of nitrogens with zero attached hydrogens (tertiary/aromatic N) is 3. The Balaban J connectivity index is 1.64. The Kier molecular flexibility index (Phi) is 8.66. The maximum Gasteiger partial charge on any atom is 0.258 e. The number of pyridine rings is 1. The molecule has 0 saturated carbocycles. The van der Waals surface area contributed by atoms with E-state index < -0.39 is 18.0 Å². The van der Waals surface area contributed by atoms with Crippen LogP contribution in [-0.4, -0.2) is 62.8 Å². The van der Waals surface area contributed by atoms with Gasteiger partial charge in [-0.2, -0.15) is 0 Å². The molecule has 4 rings (SSSR count). The van der Waals surface area contributed by atoms with Crippen LogP contribution < -0.4 is 5.32 Å². The molecule has 0 aliphatic carbocycles. The van der Waals surface area contributed by atoms with Crippen molar-refractivity contribution < 1.29 is 19.5 Å². The molecule has 0 bridgehead atoms. The van der Waals surface area contributed by atoms with Crippen LogP contribution in [0.1, 0.15) is 35.3 Å². The van der Waals surface area contributed by atoms with E-state index in [9.17, 15) is 19.5 Å². The van der Waals surface area contributed by atoms with E-state index in [-0.39, 0.29) is 30.9 Å². The lowest BCUT2D eigenvalue weighted by molar-refractivity contribution is -0.138. The molecule has 38 heavy (non-hydrogen) atoms. The van der Waals surface area contributed by atoms with Crippen molar-refractivity contribution in [2.45, 2.75) is 32.4 Å². The van der Waals surface area contributed by atoms with Crippen LogP contribution in [0.5, 0.6) is 0 Å². The number of aromatic nitrogens is 1. The van der Waals surface area contributed by atoms with Gasteiger partial charge in [0.1, 0.15) is 12.6 Å². The number of carbonyl (C=O) groups excluding carboxylic acids is 3. The van der Waals surface area contributed by atoms with E-state index in [4.69, 9.17) is 0 Å². The number of rotatable bonds is 9. The fraction of sp³-hybridized carbons (Fsp3) is 0.267. The number of nitrogens with one attached hydrogen (secondary N) is 1. The van der Waals surface area contributed by atoms with Gasteiger partial charge in [0.2, 0.25) is 5.91 Å². The van der Waals surface area contributed by atoms with E-state index in [1.807, 2.05) is 74.5 Å². The minimum atomic E-state index is -0.797. The molecule has 3 aromatic rings. The quantitative estimate of drug-likeness (QED) is 0.459. The third kappa shape index (κ3) is 6.15. The summed E-state index contributed by atoms with van der Waals surface area (Å²) in [5, 5.41) is 12.7. The predicted molar refractivity (Wildman–Crippen MR) is 144 cm³/mol. The predicted octanol–water partition coefficient (Wildman–Crippen LogP) is 3.11. The largest absolute Gasteiger partial charge is 0.394 e. The highest BCUT2D eigenvalue weighted by molar-refractivity contribution is 6.03. The second-order valence-corrected chi connectivity index (χ2v) is 9.58. The number of benzene rings is 2. The summed E-state index contributed by atoms with van der Waals surface area (Å²) in [5.74, 6) is -1.27. The first-order valence-electron chi connectivity index (χ1n) is 12.6. The fourth-order valence-electron chi connectivity index (χ4n) is 4.59. The molecule has 2 N–H and O–H groups in total. The van der Waals surface area contributed by atoms with Crippen molar-refractivity contribution in [1.29, 1.82) is 0 Å². The standard InChI is InChI=1S/C30H32N4O4/c1-21(2)28-30(38)33(19-27(36)32-25(20-35)17-22-9-5-3-6-10-22)26(23-11-7-4-8-12-23)18-34(28)29(37)24-13-15-31-16-14-24/h3-16,18,21,25,28,35H,17,19-20H2,1-2H3,(H,32,36)/t25-,28+/m0/s1. The fourth-order valence-corrected chi connectivity index (χ4v) is 4.59. The van der Waals surface area contributed by atoms with Crippen LogP contribution in [0.2, 0.25) is 0 Å². The molecule has 2 heterocycles. The van der Waals surface area contributed by atoms with Gasteiger partial charge in [0.05, 0.1) is 18.3 Å². The maximum absolute atomic E-state index is 13.9. The van der Waals surface area contributed by atoms with Crippen molar-refractivity contribution in [3.05, 3.63) is 108 Å². The number of amides is 3. The topological polar surface area (TPSA) is 103 Å². The second-order valence-electron chi connectivity index (χ2n) is 9.58. The lowest BCUT2D eigenvalue weighted by atomic mass is 9.96. The van der Waals surface area contributed by atoms with Crippen LogP contribution in [0.3, 0.4) is 0 Å². The van der Waals surface area contributed by atoms with Gasteiger partial charge in [-0.25, -0.2) is 0 Å². The minimum Gasteiger partial charge on any atom is -0.394 e. The van der Waals surface area contributed by atoms with Crippen LogP contribution in [0.25, 0.3) is 5.70 Å². The third-order valence-corrected chi connectivity index (χ3v) is 6.45. The van der Waals surface area contributed by atoms with Crippen molar-refractivity contribution >= 4 is 23.4 Å². The highest BCUT2D eigenvalue weighted by Crippen LogP contribution is 2.31. The molecule has 196 valence electrons. The first-order valence-corrected chi connectivity index (χ1v) is 12.6. The molecule has 0 saturated heterocycles. The van der Waals surface area contributed by atoms with Gasteiger partial charge in [0, 0.05) is 24.2 Å². The van der Waals surface area contributed by atoms with Crippen LogP contribution in [0, 0.1) is 5.92 Å². The van der Waals surface area contributed by atoms with E-state index in [0.717, 1.165) is 5.56 Å².